The summed E-state index contributed by atoms with van der Waals surface area (Å²) in [6, 6.07) is 9.47. The molecule has 154 valence electrons. The van der Waals surface area contributed by atoms with E-state index in [2.05, 4.69) is 15.1 Å². The van der Waals surface area contributed by atoms with Crippen LogP contribution >= 0.6 is 0 Å². The van der Waals surface area contributed by atoms with Gasteiger partial charge in [-0.1, -0.05) is 0 Å². The standard InChI is InChI=1S/C21H23N7O2/c1-27-13-14(11-24-27)19-12-23-18-4-5-20(26-21(18)25-19)28(7-6-22)15-8-16(29-2)10-17(9-15)30-3/h4-5,8-13H,6-7,22H2,1-3H3. The van der Waals surface area contributed by atoms with Gasteiger partial charge in [0.25, 0.3) is 0 Å². The summed E-state index contributed by atoms with van der Waals surface area (Å²) in [5.41, 5.74) is 9.61. The van der Waals surface area contributed by atoms with Crippen molar-refractivity contribution in [1.29, 1.82) is 0 Å². The zero-order valence-corrected chi connectivity index (χ0v) is 17.1. The van der Waals surface area contributed by atoms with Gasteiger partial charge < -0.3 is 20.1 Å². The maximum atomic E-state index is 5.89. The lowest BCUT2D eigenvalue weighted by atomic mass is 10.2. The number of methoxy groups -OCH3 is 2. The van der Waals surface area contributed by atoms with Crippen molar-refractivity contribution in [3.8, 4) is 22.8 Å². The maximum Gasteiger partial charge on any atom is 0.180 e. The quantitative estimate of drug-likeness (QED) is 0.500. The van der Waals surface area contributed by atoms with Crippen LogP contribution in [0.3, 0.4) is 0 Å². The molecule has 0 unspecified atom stereocenters. The Labute approximate surface area is 174 Å². The van der Waals surface area contributed by atoms with Crippen LogP contribution in [0.5, 0.6) is 11.5 Å². The van der Waals surface area contributed by atoms with Gasteiger partial charge in [0, 0.05) is 55.8 Å². The molecule has 0 saturated heterocycles. The first-order chi connectivity index (χ1) is 14.6. The van der Waals surface area contributed by atoms with Crippen LogP contribution < -0.4 is 20.1 Å². The second-order valence-electron chi connectivity index (χ2n) is 6.68. The van der Waals surface area contributed by atoms with Crippen molar-refractivity contribution in [1.82, 2.24) is 24.7 Å². The number of anilines is 2. The maximum absolute atomic E-state index is 5.89. The molecule has 0 aliphatic heterocycles. The predicted octanol–water partition coefficient (Wildman–Crippen LogP) is 2.54. The SMILES string of the molecule is COc1cc(OC)cc(N(CCN)c2ccc3ncc(-c4cnn(C)c4)nc3n2)c1. The van der Waals surface area contributed by atoms with Gasteiger partial charge in [0.2, 0.25) is 0 Å². The second-order valence-corrected chi connectivity index (χ2v) is 6.68. The van der Waals surface area contributed by atoms with E-state index >= 15 is 0 Å². The first kappa shape index (κ1) is 19.6. The average molecular weight is 405 g/mol. The summed E-state index contributed by atoms with van der Waals surface area (Å²) in [6.07, 6.45) is 5.37. The van der Waals surface area contributed by atoms with Crippen LogP contribution in [-0.2, 0) is 7.05 Å². The smallest absolute Gasteiger partial charge is 0.180 e. The monoisotopic (exact) mass is 405 g/mol. The summed E-state index contributed by atoms with van der Waals surface area (Å²) in [7, 11) is 5.10. The van der Waals surface area contributed by atoms with Gasteiger partial charge in [-0.15, -0.1) is 0 Å². The molecule has 4 rings (SSSR count). The van der Waals surface area contributed by atoms with Crippen LogP contribution in [0.4, 0.5) is 11.5 Å². The lowest BCUT2D eigenvalue weighted by Gasteiger charge is -2.24. The Kier molecular flexibility index (Phi) is 5.44. The minimum absolute atomic E-state index is 0.445. The highest BCUT2D eigenvalue weighted by Crippen LogP contribution is 2.32. The molecule has 0 radical (unpaired) electrons. The van der Waals surface area contributed by atoms with Gasteiger partial charge in [-0.05, 0) is 12.1 Å². The Bertz CT molecular complexity index is 1150. The van der Waals surface area contributed by atoms with Gasteiger partial charge >= 0.3 is 0 Å². The topological polar surface area (TPSA) is 104 Å². The molecule has 30 heavy (non-hydrogen) atoms. The first-order valence-electron chi connectivity index (χ1n) is 9.45. The summed E-state index contributed by atoms with van der Waals surface area (Å²) >= 11 is 0. The molecule has 1 aromatic carbocycles. The van der Waals surface area contributed by atoms with Crippen molar-refractivity contribution in [3.63, 3.8) is 0 Å². The molecular weight excluding hydrogens is 382 g/mol. The summed E-state index contributed by atoms with van der Waals surface area (Å²) in [4.78, 5) is 15.9. The molecule has 9 nitrogen and oxygen atoms in total. The van der Waals surface area contributed by atoms with E-state index in [1.807, 2.05) is 48.5 Å². The fourth-order valence-corrected chi connectivity index (χ4v) is 3.18. The molecule has 9 heteroatoms. The number of aryl methyl sites for hydroxylation is 1. The lowest BCUT2D eigenvalue weighted by molar-refractivity contribution is 0.394. The van der Waals surface area contributed by atoms with Gasteiger partial charge in [-0.25, -0.2) is 9.97 Å². The van der Waals surface area contributed by atoms with Crippen molar-refractivity contribution in [2.24, 2.45) is 12.8 Å². The van der Waals surface area contributed by atoms with E-state index in [0.29, 0.717) is 47.3 Å². The highest BCUT2D eigenvalue weighted by atomic mass is 16.5. The summed E-state index contributed by atoms with van der Waals surface area (Å²) in [5.74, 6) is 2.08. The molecule has 2 N–H and O–H groups in total. The van der Waals surface area contributed by atoms with Crippen LogP contribution in [0.25, 0.3) is 22.4 Å². The van der Waals surface area contributed by atoms with Gasteiger partial charge in [-0.2, -0.15) is 5.10 Å². The van der Waals surface area contributed by atoms with E-state index < -0.39 is 0 Å². The van der Waals surface area contributed by atoms with Crippen molar-refractivity contribution >= 4 is 22.7 Å². The molecule has 0 saturated carbocycles. The summed E-state index contributed by atoms with van der Waals surface area (Å²) < 4.78 is 12.5. The molecule has 0 aliphatic carbocycles. The molecular formula is C21H23N7O2. The van der Waals surface area contributed by atoms with E-state index in [1.54, 1.807) is 31.3 Å². The average Bonchev–Trinajstić information content (AvgIpc) is 3.22. The van der Waals surface area contributed by atoms with E-state index in [1.165, 1.54) is 0 Å². The number of rotatable bonds is 7. The summed E-state index contributed by atoms with van der Waals surface area (Å²) in [6.45, 7) is 1.01. The second kappa shape index (κ2) is 8.34. The Morgan fingerprint density at radius 1 is 1.03 bits per heavy atom. The van der Waals surface area contributed by atoms with Crippen LogP contribution in [0.15, 0.2) is 48.9 Å². The number of benzene rings is 1. The summed E-state index contributed by atoms with van der Waals surface area (Å²) in [5, 5.41) is 4.20. The normalized spacial score (nSPS) is 10.9. The van der Waals surface area contributed by atoms with Crippen LogP contribution in [-0.4, -0.2) is 52.0 Å². The highest BCUT2D eigenvalue weighted by Gasteiger charge is 2.15. The number of nitrogens with zero attached hydrogens (tertiary/aromatic N) is 6. The number of aromatic nitrogens is 5. The number of nitrogens with two attached hydrogens (primary N) is 1. The minimum Gasteiger partial charge on any atom is -0.497 e. The highest BCUT2D eigenvalue weighted by molar-refractivity contribution is 5.77. The Hall–Kier alpha value is -3.72. The Morgan fingerprint density at radius 2 is 1.80 bits per heavy atom. The van der Waals surface area contributed by atoms with Gasteiger partial charge in [0.05, 0.1) is 32.3 Å². The Morgan fingerprint density at radius 3 is 2.43 bits per heavy atom. The third-order valence-electron chi connectivity index (χ3n) is 4.67. The molecule has 0 fully saturated rings. The molecule has 0 bridgehead atoms. The van der Waals surface area contributed by atoms with Crippen molar-refractivity contribution in [2.75, 3.05) is 32.2 Å². The lowest BCUT2D eigenvalue weighted by Crippen LogP contribution is -2.25. The van der Waals surface area contributed by atoms with Crippen molar-refractivity contribution in [2.45, 2.75) is 0 Å². The Balaban J connectivity index is 1.78. The number of hydrogen-bond acceptors (Lipinski definition) is 8. The van der Waals surface area contributed by atoms with Crippen LogP contribution in [0.2, 0.25) is 0 Å². The number of ether oxygens (including phenoxy) is 2. The molecule has 0 amide bonds. The molecule has 0 atom stereocenters. The zero-order chi connectivity index (χ0) is 21.1. The van der Waals surface area contributed by atoms with E-state index in [4.69, 9.17) is 20.2 Å². The fraction of sp³-hybridized carbons (Fsp3) is 0.238. The minimum atomic E-state index is 0.445. The van der Waals surface area contributed by atoms with Crippen molar-refractivity contribution in [3.05, 3.63) is 48.9 Å². The van der Waals surface area contributed by atoms with Gasteiger partial charge in [-0.3, -0.25) is 9.67 Å². The number of hydrogen-bond donors (Lipinski definition) is 1. The molecule has 3 heterocycles. The molecule has 0 spiro atoms. The predicted molar refractivity (Wildman–Crippen MR) is 115 cm³/mol. The van der Waals surface area contributed by atoms with E-state index in [0.717, 1.165) is 11.3 Å². The zero-order valence-electron chi connectivity index (χ0n) is 17.1. The molecule has 0 aliphatic rings. The first-order valence-corrected chi connectivity index (χ1v) is 9.45. The van der Waals surface area contributed by atoms with E-state index in [-0.39, 0.29) is 0 Å². The number of fused-ring (bicyclic) bond motifs is 1. The van der Waals surface area contributed by atoms with Gasteiger partial charge in [0.1, 0.15) is 22.8 Å². The van der Waals surface area contributed by atoms with Gasteiger partial charge in [0.15, 0.2) is 5.65 Å². The fourth-order valence-electron chi connectivity index (χ4n) is 3.18. The molecule has 4 aromatic rings. The largest absolute Gasteiger partial charge is 0.497 e. The van der Waals surface area contributed by atoms with Crippen LogP contribution in [0.1, 0.15) is 0 Å². The van der Waals surface area contributed by atoms with Crippen LogP contribution in [0, 0.1) is 0 Å². The number of pyridine rings is 1. The third kappa shape index (κ3) is 3.87. The molecule has 3 aromatic heterocycles. The van der Waals surface area contributed by atoms with E-state index in [9.17, 15) is 0 Å². The van der Waals surface area contributed by atoms with Crippen molar-refractivity contribution < 1.29 is 9.47 Å². The third-order valence-corrected chi connectivity index (χ3v) is 4.67.